The molecule has 0 aliphatic carbocycles. The highest BCUT2D eigenvalue weighted by Gasteiger charge is 2.29. The Hall–Kier alpha value is -1.73. The van der Waals surface area contributed by atoms with Crippen molar-refractivity contribution in [2.24, 2.45) is 0 Å². The van der Waals surface area contributed by atoms with Gasteiger partial charge in [-0.25, -0.2) is 0 Å². The van der Waals surface area contributed by atoms with Gasteiger partial charge in [-0.15, -0.1) is 0 Å². The van der Waals surface area contributed by atoms with Gasteiger partial charge in [-0.2, -0.15) is 5.26 Å². The summed E-state index contributed by atoms with van der Waals surface area (Å²) < 4.78 is 5.60. The third-order valence-electron chi connectivity index (χ3n) is 2.26. The van der Waals surface area contributed by atoms with E-state index in [0.29, 0.717) is 17.3 Å². The minimum atomic E-state index is -0.997. The molecule has 0 unspecified atom stereocenters. The van der Waals surface area contributed by atoms with Crippen LogP contribution in [0.2, 0.25) is 5.02 Å². The predicted molar refractivity (Wildman–Crippen MR) is 69.4 cm³/mol. The average Bonchev–Trinajstić information content (AvgIpc) is 2.32. The number of ether oxygens (including phenoxy) is 1. The van der Waals surface area contributed by atoms with E-state index in [1.54, 1.807) is 38.1 Å². The molecule has 0 saturated carbocycles. The van der Waals surface area contributed by atoms with E-state index in [9.17, 15) is 4.79 Å². The van der Waals surface area contributed by atoms with Crippen molar-refractivity contribution in [2.45, 2.75) is 25.9 Å². The summed E-state index contributed by atoms with van der Waals surface area (Å²) in [6.45, 7) is 3.66. The summed E-state index contributed by atoms with van der Waals surface area (Å²) in [5, 5.41) is 11.7. The SMILES string of the molecule is CC(C)(Oc1ccc(Cl)cc1)C(=O)NCCC#N. The number of carbonyl (C=O) groups excluding carboxylic acids is 1. The molecule has 0 aliphatic heterocycles. The van der Waals surface area contributed by atoms with Crippen LogP contribution in [-0.4, -0.2) is 18.1 Å². The number of hydrogen-bond donors (Lipinski definition) is 1. The summed E-state index contributed by atoms with van der Waals surface area (Å²) in [5.74, 6) is 0.313. The summed E-state index contributed by atoms with van der Waals surface area (Å²) in [6.07, 6.45) is 0.281. The Bertz CT molecular complexity index is 449. The van der Waals surface area contributed by atoms with E-state index in [1.807, 2.05) is 6.07 Å². The molecule has 1 rings (SSSR count). The van der Waals surface area contributed by atoms with Crippen LogP contribution in [0.5, 0.6) is 5.75 Å². The number of carbonyl (C=O) groups is 1. The standard InChI is InChI=1S/C13H15ClN2O2/c1-13(2,12(17)16-9-3-8-15)18-11-6-4-10(14)5-7-11/h4-7H,3,9H2,1-2H3,(H,16,17). The molecule has 0 atom stereocenters. The van der Waals surface area contributed by atoms with Gasteiger partial charge in [-0.1, -0.05) is 11.6 Å². The number of amides is 1. The van der Waals surface area contributed by atoms with Gasteiger partial charge in [0.1, 0.15) is 5.75 Å². The van der Waals surface area contributed by atoms with Crippen molar-refractivity contribution < 1.29 is 9.53 Å². The highest BCUT2D eigenvalue weighted by molar-refractivity contribution is 6.30. The van der Waals surface area contributed by atoms with E-state index in [4.69, 9.17) is 21.6 Å². The largest absolute Gasteiger partial charge is 0.478 e. The maximum Gasteiger partial charge on any atom is 0.263 e. The van der Waals surface area contributed by atoms with Crippen molar-refractivity contribution in [1.82, 2.24) is 5.32 Å². The number of nitrogens with one attached hydrogen (secondary N) is 1. The topological polar surface area (TPSA) is 62.1 Å². The van der Waals surface area contributed by atoms with Crippen molar-refractivity contribution in [2.75, 3.05) is 6.54 Å². The molecule has 0 heterocycles. The summed E-state index contributed by atoms with van der Waals surface area (Å²) >= 11 is 5.76. The van der Waals surface area contributed by atoms with Crippen LogP contribution in [0.4, 0.5) is 0 Å². The molecule has 0 radical (unpaired) electrons. The molecule has 1 N–H and O–H groups in total. The van der Waals surface area contributed by atoms with Crippen molar-refractivity contribution >= 4 is 17.5 Å². The van der Waals surface area contributed by atoms with Crippen molar-refractivity contribution in [3.05, 3.63) is 29.3 Å². The Kier molecular flexibility index (Phi) is 4.99. The fourth-order valence-electron chi connectivity index (χ4n) is 1.29. The molecule has 4 nitrogen and oxygen atoms in total. The average molecular weight is 267 g/mol. The Labute approximate surface area is 112 Å². The van der Waals surface area contributed by atoms with E-state index in [1.165, 1.54) is 0 Å². The fourth-order valence-corrected chi connectivity index (χ4v) is 1.41. The molecule has 0 fully saturated rings. The lowest BCUT2D eigenvalue weighted by Gasteiger charge is -2.25. The number of nitrogens with zero attached hydrogens (tertiary/aromatic N) is 1. The summed E-state index contributed by atoms with van der Waals surface area (Å²) in [6, 6.07) is 8.75. The van der Waals surface area contributed by atoms with Crippen LogP contribution in [0.15, 0.2) is 24.3 Å². The van der Waals surface area contributed by atoms with Gasteiger partial charge >= 0.3 is 0 Å². The monoisotopic (exact) mass is 266 g/mol. The second-order valence-corrected chi connectivity index (χ2v) is 4.67. The van der Waals surface area contributed by atoms with Crippen LogP contribution in [0.25, 0.3) is 0 Å². The molecule has 0 saturated heterocycles. The predicted octanol–water partition coefficient (Wildman–Crippen LogP) is 2.53. The smallest absolute Gasteiger partial charge is 0.263 e. The molecule has 1 aromatic rings. The lowest BCUT2D eigenvalue weighted by Crippen LogP contribution is -2.46. The number of nitriles is 1. The van der Waals surface area contributed by atoms with Crippen LogP contribution in [0.3, 0.4) is 0 Å². The van der Waals surface area contributed by atoms with E-state index in [0.717, 1.165) is 0 Å². The van der Waals surface area contributed by atoms with Gasteiger partial charge in [-0.3, -0.25) is 4.79 Å². The third kappa shape index (κ3) is 4.27. The number of hydrogen-bond acceptors (Lipinski definition) is 3. The zero-order valence-electron chi connectivity index (χ0n) is 10.4. The molecular formula is C13H15ClN2O2. The van der Waals surface area contributed by atoms with Crippen molar-refractivity contribution in [3.63, 3.8) is 0 Å². The first-order chi connectivity index (χ1) is 8.45. The van der Waals surface area contributed by atoms with Gasteiger partial charge in [0.25, 0.3) is 5.91 Å². The Balaban J connectivity index is 2.60. The Morgan fingerprint density at radius 2 is 2.06 bits per heavy atom. The van der Waals surface area contributed by atoms with Gasteiger partial charge in [0, 0.05) is 11.6 Å². The Morgan fingerprint density at radius 3 is 2.61 bits per heavy atom. The summed E-state index contributed by atoms with van der Waals surface area (Å²) in [4.78, 5) is 11.8. The maximum absolute atomic E-state index is 11.8. The van der Waals surface area contributed by atoms with Crippen LogP contribution < -0.4 is 10.1 Å². The number of benzene rings is 1. The van der Waals surface area contributed by atoms with Gasteiger partial charge in [0.2, 0.25) is 0 Å². The molecule has 0 aromatic heterocycles. The summed E-state index contributed by atoms with van der Waals surface area (Å²) in [5.41, 5.74) is -0.997. The molecule has 0 bridgehead atoms. The molecule has 18 heavy (non-hydrogen) atoms. The van der Waals surface area contributed by atoms with Crippen LogP contribution in [-0.2, 0) is 4.79 Å². The van der Waals surface area contributed by atoms with Crippen molar-refractivity contribution in [3.8, 4) is 11.8 Å². The van der Waals surface area contributed by atoms with Gasteiger partial charge in [-0.05, 0) is 38.1 Å². The first kappa shape index (κ1) is 14.3. The zero-order valence-corrected chi connectivity index (χ0v) is 11.1. The lowest BCUT2D eigenvalue weighted by molar-refractivity contribution is -0.134. The van der Waals surface area contributed by atoms with E-state index < -0.39 is 5.60 Å². The van der Waals surface area contributed by atoms with Crippen molar-refractivity contribution in [1.29, 1.82) is 5.26 Å². The zero-order chi connectivity index (χ0) is 13.6. The van der Waals surface area contributed by atoms with E-state index in [2.05, 4.69) is 5.32 Å². The maximum atomic E-state index is 11.8. The first-order valence-electron chi connectivity index (χ1n) is 5.55. The third-order valence-corrected chi connectivity index (χ3v) is 2.51. The molecule has 1 amide bonds. The van der Waals surface area contributed by atoms with Crippen LogP contribution >= 0.6 is 11.6 Å². The highest BCUT2D eigenvalue weighted by Crippen LogP contribution is 2.20. The minimum Gasteiger partial charge on any atom is -0.478 e. The quantitative estimate of drug-likeness (QED) is 0.833. The molecule has 96 valence electrons. The second kappa shape index (κ2) is 6.27. The minimum absolute atomic E-state index is 0.257. The molecule has 0 aliphatic rings. The first-order valence-corrected chi connectivity index (χ1v) is 5.93. The molecule has 5 heteroatoms. The number of rotatable bonds is 5. The normalized spacial score (nSPS) is 10.6. The van der Waals surface area contributed by atoms with E-state index in [-0.39, 0.29) is 12.3 Å². The van der Waals surface area contributed by atoms with E-state index >= 15 is 0 Å². The van der Waals surface area contributed by atoms with Gasteiger partial charge < -0.3 is 10.1 Å². The molecule has 0 spiro atoms. The highest BCUT2D eigenvalue weighted by atomic mass is 35.5. The lowest BCUT2D eigenvalue weighted by atomic mass is 10.1. The second-order valence-electron chi connectivity index (χ2n) is 4.23. The van der Waals surface area contributed by atoms with Gasteiger partial charge in [0.15, 0.2) is 5.60 Å². The fraction of sp³-hybridized carbons (Fsp3) is 0.385. The van der Waals surface area contributed by atoms with Gasteiger partial charge in [0.05, 0.1) is 12.5 Å². The number of halogens is 1. The summed E-state index contributed by atoms with van der Waals surface area (Å²) in [7, 11) is 0. The Morgan fingerprint density at radius 1 is 1.44 bits per heavy atom. The van der Waals surface area contributed by atoms with Crippen LogP contribution in [0, 0.1) is 11.3 Å². The molecule has 1 aromatic carbocycles. The van der Waals surface area contributed by atoms with Crippen LogP contribution in [0.1, 0.15) is 20.3 Å². The molecular weight excluding hydrogens is 252 g/mol.